The Morgan fingerprint density at radius 3 is 2.41 bits per heavy atom. The van der Waals surface area contributed by atoms with Crippen LogP contribution in [0, 0.1) is 6.92 Å². The Balaban J connectivity index is 2.17. The third-order valence-electron chi connectivity index (χ3n) is 4.02. The van der Waals surface area contributed by atoms with Crippen LogP contribution in [0.15, 0.2) is 22.4 Å². The average Bonchev–Trinajstić information content (AvgIpc) is 3.07. The maximum atomic E-state index is 12.6. The molecule has 4 amide bonds. The van der Waals surface area contributed by atoms with Crippen molar-refractivity contribution in [2.45, 2.75) is 24.5 Å². The first kappa shape index (κ1) is 25.4. The first-order valence-corrected chi connectivity index (χ1v) is 11.9. The summed E-state index contributed by atoms with van der Waals surface area (Å²) in [7, 11) is 0.604. The van der Waals surface area contributed by atoms with Crippen molar-refractivity contribution in [1.29, 1.82) is 0 Å². The van der Waals surface area contributed by atoms with E-state index in [0.29, 0.717) is 25.4 Å². The summed E-state index contributed by atoms with van der Waals surface area (Å²) in [5.74, 6) is 0.469. The summed E-state index contributed by atoms with van der Waals surface area (Å²) in [5.41, 5.74) is 0.806. The van der Waals surface area contributed by atoms with E-state index in [1.54, 1.807) is 35.1 Å². The highest BCUT2D eigenvalue weighted by molar-refractivity contribution is 7.92. The molecule has 11 nitrogen and oxygen atoms in total. The molecule has 0 saturated carbocycles. The molecule has 13 heteroatoms. The molecule has 0 aromatic carbocycles. The van der Waals surface area contributed by atoms with Crippen LogP contribution in [0.2, 0.25) is 0 Å². The largest absolute Gasteiger partial charge is 0.494 e. The fourth-order valence-electron chi connectivity index (χ4n) is 2.48. The molecule has 0 aliphatic heterocycles. The first-order chi connectivity index (χ1) is 15.1. The van der Waals surface area contributed by atoms with Crippen molar-refractivity contribution in [3.8, 4) is 5.75 Å². The smallest absolute Gasteiger partial charge is 0.334 e. The van der Waals surface area contributed by atoms with Gasteiger partial charge in [-0.25, -0.2) is 27.7 Å². The van der Waals surface area contributed by atoms with Crippen LogP contribution >= 0.6 is 11.3 Å². The predicted octanol–water partition coefficient (Wildman–Crippen LogP) is 2.64. The fraction of sp³-hybridized carbons (Fsp3) is 0.421. The molecule has 0 unspecified atom stereocenters. The molecule has 2 rings (SSSR count). The maximum absolute atomic E-state index is 12.6. The van der Waals surface area contributed by atoms with Gasteiger partial charge < -0.3 is 14.4 Å². The number of pyridine rings is 1. The van der Waals surface area contributed by atoms with Gasteiger partial charge >= 0.3 is 12.1 Å². The lowest BCUT2D eigenvalue weighted by atomic mass is 10.2. The van der Waals surface area contributed by atoms with E-state index in [2.05, 4.69) is 15.6 Å². The summed E-state index contributed by atoms with van der Waals surface area (Å²) in [6.45, 7) is 4.37. The third-order valence-corrected chi connectivity index (χ3v) is 7.12. The molecule has 0 fully saturated rings. The number of ether oxygens (including phenoxy) is 2. The first-order valence-electron chi connectivity index (χ1n) is 9.61. The second kappa shape index (κ2) is 11.1. The zero-order valence-electron chi connectivity index (χ0n) is 18.5. The van der Waals surface area contributed by atoms with Crippen molar-refractivity contribution in [1.82, 2.24) is 14.6 Å². The number of sulfonamides is 1. The van der Waals surface area contributed by atoms with Crippen molar-refractivity contribution in [3.05, 3.63) is 28.6 Å². The average molecular weight is 486 g/mol. The van der Waals surface area contributed by atoms with Crippen LogP contribution in [0.4, 0.5) is 21.2 Å². The number of hydrogen-bond donors (Lipinski definition) is 3. The highest BCUT2D eigenvalue weighted by Crippen LogP contribution is 2.26. The zero-order valence-corrected chi connectivity index (χ0v) is 20.1. The molecule has 2 aromatic heterocycles. The lowest BCUT2D eigenvalue weighted by Gasteiger charge is -2.14. The van der Waals surface area contributed by atoms with E-state index < -0.39 is 22.1 Å². The molecule has 0 radical (unpaired) electrons. The number of carbonyl (C=O) groups excluding carboxylic acids is 2. The highest BCUT2D eigenvalue weighted by Gasteiger charge is 2.22. The summed E-state index contributed by atoms with van der Waals surface area (Å²) < 4.78 is 37.7. The van der Waals surface area contributed by atoms with E-state index in [0.717, 1.165) is 21.8 Å². The fourth-order valence-corrected chi connectivity index (χ4v) is 4.96. The number of methoxy groups -OCH3 is 1. The molecule has 0 bridgehead atoms. The van der Waals surface area contributed by atoms with Crippen molar-refractivity contribution < 1.29 is 27.5 Å². The molecular weight excluding hydrogens is 458 g/mol. The number of rotatable bonds is 9. The van der Waals surface area contributed by atoms with Crippen molar-refractivity contribution >= 4 is 45.1 Å². The number of hydrogen-bond acceptors (Lipinski definition) is 8. The van der Waals surface area contributed by atoms with Crippen molar-refractivity contribution in [3.63, 3.8) is 0 Å². The van der Waals surface area contributed by atoms with Gasteiger partial charge in [0.05, 0.1) is 13.2 Å². The van der Waals surface area contributed by atoms with Crippen LogP contribution in [0.3, 0.4) is 0 Å². The second-order valence-corrected chi connectivity index (χ2v) is 9.85. The third kappa shape index (κ3) is 7.07. The van der Waals surface area contributed by atoms with Crippen LogP contribution in [0.1, 0.15) is 17.4 Å². The number of carbonyl (C=O) groups is 2. The van der Waals surface area contributed by atoms with E-state index in [1.807, 2.05) is 4.72 Å². The molecule has 32 heavy (non-hydrogen) atoms. The van der Waals surface area contributed by atoms with Crippen LogP contribution in [-0.4, -0.2) is 64.8 Å². The maximum Gasteiger partial charge on any atom is 0.334 e. The van der Waals surface area contributed by atoms with Crippen LogP contribution < -0.4 is 20.1 Å². The summed E-state index contributed by atoms with van der Waals surface area (Å²) in [6, 6.07) is 2.98. The van der Waals surface area contributed by atoms with Gasteiger partial charge in [0, 0.05) is 44.6 Å². The summed E-state index contributed by atoms with van der Waals surface area (Å²) in [4.78, 5) is 30.6. The number of thiophene rings is 1. The number of aromatic nitrogens is 1. The van der Waals surface area contributed by atoms with Gasteiger partial charge in [-0.1, -0.05) is 0 Å². The number of urea groups is 2. The van der Waals surface area contributed by atoms with Gasteiger partial charge in [0.15, 0.2) is 0 Å². The quantitative estimate of drug-likeness (QED) is 0.496. The Morgan fingerprint density at radius 1 is 1.16 bits per heavy atom. The Bertz CT molecular complexity index is 1070. The number of anilines is 2. The SMILES string of the molecule is CCOc1cc(NC(=O)NS(=O)(=O)c2cc(C)c(CCOC)s2)nc(NC(=O)N(C)C)c1. The minimum Gasteiger partial charge on any atom is -0.494 e. The van der Waals surface area contributed by atoms with E-state index in [1.165, 1.54) is 23.1 Å². The van der Waals surface area contributed by atoms with Crippen LogP contribution in [0.25, 0.3) is 0 Å². The van der Waals surface area contributed by atoms with E-state index in [9.17, 15) is 18.0 Å². The lowest BCUT2D eigenvalue weighted by Crippen LogP contribution is -2.34. The molecular formula is C19H27N5O6S2. The minimum absolute atomic E-state index is 0.000787. The molecule has 3 N–H and O–H groups in total. The summed E-state index contributed by atoms with van der Waals surface area (Å²) >= 11 is 1.08. The number of amides is 4. The van der Waals surface area contributed by atoms with Gasteiger partial charge in [0.2, 0.25) is 0 Å². The number of aryl methyl sites for hydroxylation is 1. The Morgan fingerprint density at radius 2 is 1.81 bits per heavy atom. The lowest BCUT2D eigenvalue weighted by molar-refractivity contribution is 0.203. The molecule has 2 heterocycles. The van der Waals surface area contributed by atoms with Crippen molar-refractivity contribution in [2.75, 3.05) is 45.1 Å². The molecule has 0 spiro atoms. The van der Waals surface area contributed by atoms with E-state index in [4.69, 9.17) is 9.47 Å². The van der Waals surface area contributed by atoms with Gasteiger partial charge in [0.1, 0.15) is 21.6 Å². The van der Waals surface area contributed by atoms with E-state index >= 15 is 0 Å². The minimum atomic E-state index is -4.09. The van der Waals surface area contributed by atoms with Gasteiger partial charge in [0.25, 0.3) is 10.0 Å². The van der Waals surface area contributed by atoms with Gasteiger partial charge in [-0.2, -0.15) is 0 Å². The topological polar surface area (TPSA) is 139 Å². The van der Waals surface area contributed by atoms with Gasteiger partial charge in [-0.3, -0.25) is 10.6 Å². The van der Waals surface area contributed by atoms with Gasteiger partial charge in [-0.15, -0.1) is 11.3 Å². The molecule has 0 aliphatic carbocycles. The Hall–Kier alpha value is -2.90. The molecule has 176 valence electrons. The predicted molar refractivity (Wildman–Crippen MR) is 122 cm³/mol. The monoisotopic (exact) mass is 485 g/mol. The number of nitrogens with zero attached hydrogens (tertiary/aromatic N) is 2. The van der Waals surface area contributed by atoms with Crippen molar-refractivity contribution in [2.24, 2.45) is 0 Å². The Labute approximate surface area is 191 Å². The summed E-state index contributed by atoms with van der Waals surface area (Å²) in [6.07, 6.45) is 0.574. The Kier molecular flexibility index (Phi) is 8.80. The molecule has 2 aromatic rings. The highest BCUT2D eigenvalue weighted by atomic mass is 32.2. The second-order valence-electron chi connectivity index (χ2n) is 6.80. The van der Waals surface area contributed by atoms with Gasteiger partial charge in [-0.05, 0) is 25.5 Å². The molecule has 0 aliphatic rings. The van der Waals surface area contributed by atoms with Crippen LogP contribution in [-0.2, 0) is 21.2 Å². The molecule has 0 atom stereocenters. The summed E-state index contributed by atoms with van der Waals surface area (Å²) in [5, 5.41) is 4.92. The van der Waals surface area contributed by atoms with E-state index in [-0.39, 0.29) is 15.8 Å². The number of nitrogens with one attached hydrogen (secondary N) is 3. The zero-order chi connectivity index (χ0) is 23.9. The standard InChI is InChI=1S/C19H27N5O6S2/c1-6-30-13-10-15(20-16(11-13)22-19(26)24(3)4)21-18(25)23-32(27,28)17-9-12(2)14(31-17)7-8-29-5/h9-11H,6-8H2,1-5H3,(H3,20,21,22,23,25,26). The molecule has 0 saturated heterocycles. The normalized spacial score (nSPS) is 11.0. The van der Waals surface area contributed by atoms with Crippen LogP contribution in [0.5, 0.6) is 5.75 Å².